The third-order valence-corrected chi connectivity index (χ3v) is 2.57. The van der Waals surface area contributed by atoms with Crippen LogP contribution in [0.3, 0.4) is 0 Å². The molecule has 0 aromatic heterocycles. The van der Waals surface area contributed by atoms with Gasteiger partial charge in [0.25, 0.3) is 0 Å². The van der Waals surface area contributed by atoms with Crippen molar-refractivity contribution < 1.29 is 9.59 Å². The number of carbonyl (C=O) groups is 2. The zero-order valence-corrected chi connectivity index (χ0v) is 9.41. The van der Waals surface area contributed by atoms with Gasteiger partial charge in [0.15, 0.2) is 0 Å². The lowest BCUT2D eigenvalue weighted by atomic mass is 10.1. The Hall–Kier alpha value is -1.84. The molecule has 0 aliphatic carbocycles. The first-order chi connectivity index (χ1) is 7.56. The molecule has 1 saturated heterocycles. The molecular formula is C12H14N2O2. The van der Waals surface area contributed by atoms with Crippen molar-refractivity contribution in [2.24, 2.45) is 0 Å². The number of hydrogen-bond acceptors (Lipinski definition) is 2. The quantitative estimate of drug-likeness (QED) is 0.780. The van der Waals surface area contributed by atoms with E-state index < -0.39 is 0 Å². The summed E-state index contributed by atoms with van der Waals surface area (Å²) < 4.78 is 0. The lowest BCUT2D eigenvalue weighted by Crippen LogP contribution is -2.49. The molecule has 2 rings (SSSR count). The van der Waals surface area contributed by atoms with Crippen LogP contribution in [0.15, 0.2) is 18.2 Å². The van der Waals surface area contributed by atoms with Crippen LogP contribution < -0.4 is 10.2 Å². The zero-order chi connectivity index (χ0) is 11.7. The first-order valence-corrected chi connectivity index (χ1v) is 5.26. The Labute approximate surface area is 94.2 Å². The molecule has 1 heterocycles. The van der Waals surface area contributed by atoms with Crippen LogP contribution in [0.4, 0.5) is 10.5 Å². The summed E-state index contributed by atoms with van der Waals surface area (Å²) >= 11 is 0. The van der Waals surface area contributed by atoms with Crippen molar-refractivity contribution in [2.75, 3.05) is 11.4 Å². The normalized spacial score (nSPS) is 16.2. The van der Waals surface area contributed by atoms with Gasteiger partial charge in [-0.05, 0) is 37.1 Å². The van der Waals surface area contributed by atoms with Gasteiger partial charge in [-0.3, -0.25) is 15.0 Å². The third kappa shape index (κ3) is 2.05. The van der Waals surface area contributed by atoms with Crippen LogP contribution in [0, 0.1) is 13.8 Å². The van der Waals surface area contributed by atoms with E-state index in [2.05, 4.69) is 11.4 Å². The Kier molecular flexibility index (Phi) is 2.64. The summed E-state index contributed by atoms with van der Waals surface area (Å²) in [7, 11) is 0. The Morgan fingerprint density at radius 1 is 1.12 bits per heavy atom. The largest absolute Gasteiger partial charge is 0.328 e. The maximum atomic E-state index is 11.6. The number of rotatable bonds is 1. The second kappa shape index (κ2) is 3.96. The number of urea groups is 1. The summed E-state index contributed by atoms with van der Waals surface area (Å²) in [5.74, 6) is -0.203. The van der Waals surface area contributed by atoms with Gasteiger partial charge in [-0.2, -0.15) is 0 Å². The lowest BCUT2D eigenvalue weighted by molar-refractivity contribution is -0.120. The summed E-state index contributed by atoms with van der Waals surface area (Å²) in [6.07, 6.45) is 0.360. The van der Waals surface area contributed by atoms with E-state index in [-0.39, 0.29) is 11.9 Å². The summed E-state index contributed by atoms with van der Waals surface area (Å²) in [5.41, 5.74) is 3.07. The number of nitrogens with one attached hydrogen (secondary N) is 1. The van der Waals surface area contributed by atoms with E-state index in [1.165, 1.54) is 0 Å². The van der Waals surface area contributed by atoms with Gasteiger partial charge in [0.2, 0.25) is 5.91 Å². The number of amides is 3. The molecule has 0 saturated carbocycles. The minimum absolute atomic E-state index is 0.203. The van der Waals surface area contributed by atoms with Crippen LogP contribution in [0.2, 0.25) is 0 Å². The number of anilines is 1. The zero-order valence-electron chi connectivity index (χ0n) is 9.41. The molecule has 1 aliphatic heterocycles. The Morgan fingerprint density at radius 2 is 1.75 bits per heavy atom. The number of aryl methyl sites for hydroxylation is 2. The Balaban J connectivity index is 2.30. The first kappa shape index (κ1) is 10.7. The summed E-state index contributed by atoms with van der Waals surface area (Å²) in [4.78, 5) is 24.2. The molecule has 84 valence electrons. The molecule has 4 nitrogen and oxygen atoms in total. The first-order valence-electron chi connectivity index (χ1n) is 5.26. The van der Waals surface area contributed by atoms with Gasteiger partial charge >= 0.3 is 6.03 Å². The van der Waals surface area contributed by atoms with Crippen molar-refractivity contribution in [3.8, 4) is 0 Å². The highest BCUT2D eigenvalue weighted by molar-refractivity contribution is 6.05. The molecule has 1 fully saturated rings. The second-order valence-corrected chi connectivity index (χ2v) is 4.10. The van der Waals surface area contributed by atoms with Crippen molar-refractivity contribution >= 4 is 17.6 Å². The van der Waals surface area contributed by atoms with Crippen LogP contribution in [0.1, 0.15) is 17.5 Å². The fourth-order valence-corrected chi connectivity index (χ4v) is 1.92. The molecule has 0 atom stereocenters. The van der Waals surface area contributed by atoms with Crippen LogP contribution >= 0.6 is 0 Å². The number of carbonyl (C=O) groups excluding carboxylic acids is 2. The Morgan fingerprint density at radius 3 is 2.31 bits per heavy atom. The average molecular weight is 218 g/mol. The highest BCUT2D eigenvalue weighted by Gasteiger charge is 2.24. The number of hydrogen-bond donors (Lipinski definition) is 1. The summed E-state index contributed by atoms with van der Waals surface area (Å²) in [6, 6.07) is 5.61. The van der Waals surface area contributed by atoms with Crippen molar-refractivity contribution in [2.45, 2.75) is 20.3 Å². The monoisotopic (exact) mass is 218 g/mol. The van der Waals surface area contributed by atoms with Crippen LogP contribution in [-0.2, 0) is 4.79 Å². The Bertz CT molecular complexity index is 434. The fraction of sp³-hybridized carbons (Fsp3) is 0.333. The maximum Gasteiger partial charge on any atom is 0.328 e. The molecule has 16 heavy (non-hydrogen) atoms. The van der Waals surface area contributed by atoms with E-state index in [0.29, 0.717) is 13.0 Å². The molecule has 0 bridgehead atoms. The molecule has 1 aliphatic rings. The van der Waals surface area contributed by atoms with Crippen molar-refractivity contribution in [1.82, 2.24) is 5.32 Å². The molecule has 0 unspecified atom stereocenters. The minimum Gasteiger partial charge on any atom is -0.294 e. The summed E-state index contributed by atoms with van der Waals surface area (Å²) in [5, 5.41) is 2.31. The van der Waals surface area contributed by atoms with E-state index in [4.69, 9.17) is 0 Å². The van der Waals surface area contributed by atoms with E-state index in [0.717, 1.165) is 16.8 Å². The highest BCUT2D eigenvalue weighted by atomic mass is 16.2. The summed E-state index contributed by atoms with van der Waals surface area (Å²) in [6.45, 7) is 4.43. The average Bonchev–Trinajstić information content (AvgIpc) is 2.15. The molecule has 0 radical (unpaired) electrons. The highest BCUT2D eigenvalue weighted by Crippen LogP contribution is 2.20. The van der Waals surface area contributed by atoms with Crippen molar-refractivity contribution in [3.63, 3.8) is 0 Å². The maximum absolute atomic E-state index is 11.6. The van der Waals surface area contributed by atoms with E-state index in [1.807, 2.05) is 26.0 Å². The van der Waals surface area contributed by atoms with E-state index in [9.17, 15) is 9.59 Å². The predicted octanol–water partition coefficient (Wildman–Crippen LogP) is 1.75. The van der Waals surface area contributed by atoms with Crippen LogP contribution in [-0.4, -0.2) is 18.5 Å². The van der Waals surface area contributed by atoms with Crippen LogP contribution in [0.5, 0.6) is 0 Å². The van der Waals surface area contributed by atoms with Crippen LogP contribution in [0.25, 0.3) is 0 Å². The number of nitrogens with zero attached hydrogens (tertiary/aromatic N) is 1. The fourth-order valence-electron chi connectivity index (χ4n) is 1.92. The molecule has 4 heteroatoms. The van der Waals surface area contributed by atoms with Gasteiger partial charge in [-0.25, -0.2) is 4.79 Å². The predicted molar refractivity (Wildman–Crippen MR) is 61.4 cm³/mol. The van der Waals surface area contributed by atoms with Gasteiger partial charge in [-0.15, -0.1) is 0 Å². The van der Waals surface area contributed by atoms with Crippen molar-refractivity contribution in [3.05, 3.63) is 29.3 Å². The number of benzene rings is 1. The van der Waals surface area contributed by atoms with Gasteiger partial charge in [0.1, 0.15) is 0 Å². The second-order valence-electron chi connectivity index (χ2n) is 4.10. The lowest BCUT2D eigenvalue weighted by Gasteiger charge is -2.27. The van der Waals surface area contributed by atoms with Gasteiger partial charge in [0.05, 0.1) is 0 Å². The molecule has 1 aromatic carbocycles. The van der Waals surface area contributed by atoms with Gasteiger partial charge in [0, 0.05) is 18.7 Å². The molecule has 1 N–H and O–H groups in total. The van der Waals surface area contributed by atoms with Gasteiger partial charge in [-0.1, -0.05) is 6.07 Å². The molecule has 1 aromatic rings. The van der Waals surface area contributed by atoms with E-state index >= 15 is 0 Å². The SMILES string of the molecule is Cc1cc(C)cc(N2CCC(=O)NC2=O)c1. The van der Waals surface area contributed by atoms with E-state index in [1.54, 1.807) is 4.90 Å². The minimum atomic E-state index is -0.332. The number of imide groups is 1. The third-order valence-electron chi connectivity index (χ3n) is 2.57. The molecule has 0 spiro atoms. The molecule has 3 amide bonds. The molecular weight excluding hydrogens is 204 g/mol. The van der Waals surface area contributed by atoms with Crippen molar-refractivity contribution in [1.29, 1.82) is 0 Å². The van der Waals surface area contributed by atoms with Gasteiger partial charge < -0.3 is 0 Å². The topological polar surface area (TPSA) is 49.4 Å². The standard InChI is InChI=1S/C12H14N2O2/c1-8-5-9(2)7-10(6-8)14-4-3-11(15)13-12(14)16/h5-7H,3-4H2,1-2H3,(H,13,15,16). The smallest absolute Gasteiger partial charge is 0.294 e.